The lowest BCUT2D eigenvalue weighted by Gasteiger charge is -2.10. The minimum Gasteiger partial charge on any atom is -0.488 e. The van der Waals surface area contributed by atoms with E-state index in [0.717, 1.165) is 11.3 Å². The highest BCUT2D eigenvalue weighted by molar-refractivity contribution is 6.03. The number of anilines is 1. The van der Waals surface area contributed by atoms with Crippen LogP contribution < -0.4 is 21.5 Å². The van der Waals surface area contributed by atoms with Crippen molar-refractivity contribution in [3.8, 4) is 17.0 Å². The quantitative estimate of drug-likeness (QED) is 0.526. The summed E-state index contributed by atoms with van der Waals surface area (Å²) in [4.78, 5) is 25.7. The molecule has 2 aromatic heterocycles. The third-order valence-electron chi connectivity index (χ3n) is 4.06. The Labute approximate surface area is 154 Å². The lowest BCUT2D eigenvalue weighted by molar-refractivity contribution is 0.100. The Morgan fingerprint density at radius 1 is 1.26 bits per heavy atom. The van der Waals surface area contributed by atoms with Gasteiger partial charge in [0.05, 0.1) is 22.5 Å². The molecule has 0 atom stereocenters. The van der Waals surface area contributed by atoms with Gasteiger partial charge >= 0.3 is 6.03 Å². The summed E-state index contributed by atoms with van der Waals surface area (Å²) < 4.78 is 11.1. The van der Waals surface area contributed by atoms with Crippen LogP contribution in [0.2, 0.25) is 0 Å². The molecule has 0 aliphatic rings. The Balaban J connectivity index is 1.94. The summed E-state index contributed by atoms with van der Waals surface area (Å²) in [5.74, 6) is 0.690. The summed E-state index contributed by atoms with van der Waals surface area (Å²) in [6, 6.07) is 7.98. The Morgan fingerprint density at radius 2 is 2.00 bits per heavy atom. The van der Waals surface area contributed by atoms with Crippen LogP contribution in [0.25, 0.3) is 11.3 Å². The van der Waals surface area contributed by atoms with E-state index in [9.17, 15) is 9.59 Å². The van der Waals surface area contributed by atoms with Gasteiger partial charge < -0.3 is 25.7 Å². The molecular weight excluding hydrogens is 350 g/mol. The average Bonchev–Trinajstić information content (AvgIpc) is 3.17. The third kappa shape index (κ3) is 3.76. The zero-order chi connectivity index (χ0) is 19.6. The molecule has 0 fully saturated rings. The Bertz CT molecular complexity index is 986. The SMILES string of the molecule is Cc1noc(C)c1COc1ccccc1-c1cc(C(N)=O)c(NC(N)=O)[nH]1. The molecule has 3 amide bonds. The van der Waals surface area contributed by atoms with Crippen molar-refractivity contribution in [1.29, 1.82) is 0 Å². The van der Waals surface area contributed by atoms with Crippen molar-refractivity contribution >= 4 is 17.8 Å². The summed E-state index contributed by atoms with van der Waals surface area (Å²) in [6.45, 7) is 3.93. The van der Waals surface area contributed by atoms with Crippen molar-refractivity contribution in [2.75, 3.05) is 5.32 Å². The van der Waals surface area contributed by atoms with Crippen LogP contribution in [0, 0.1) is 13.8 Å². The van der Waals surface area contributed by atoms with Crippen LogP contribution in [-0.2, 0) is 6.61 Å². The number of H-pyrrole nitrogens is 1. The second kappa shape index (κ2) is 7.24. The van der Waals surface area contributed by atoms with E-state index in [-0.39, 0.29) is 18.0 Å². The summed E-state index contributed by atoms with van der Waals surface area (Å²) >= 11 is 0. The van der Waals surface area contributed by atoms with E-state index in [4.69, 9.17) is 20.7 Å². The highest BCUT2D eigenvalue weighted by Crippen LogP contribution is 2.33. The smallest absolute Gasteiger partial charge is 0.317 e. The van der Waals surface area contributed by atoms with E-state index in [2.05, 4.69) is 15.5 Å². The minimum atomic E-state index is -0.811. The molecule has 0 aliphatic heterocycles. The molecule has 9 nitrogen and oxygen atoms in total. The first-order valence-corrected chi connectivity index (χ1v) is 8.10. The fraction of sp³-hybridized carbons (Fsp3) is 0.167. The lowest BCUT2D eigenvalue weighted by Crippen LogP contribution is -2.22. The number of primary amides is 2. The predicted molar refractivity (Wildman–Crippen MR) is 98.3 cm³/mol. The fourth-order valence-corrected chi connectivity index (χ4v) is 2.69. The van der Waals surface area contributed by atoms with Gasteiger partial charge in [-0.2, -0.15) is 0 Å². The summed E-state index contributed by atoms with van der Waals surface area (Å²) in [5.41, 5.74) is 13.5. The molecule has 0 unspecified atom stereocenters. The van der Waals surface area contributed by atoms with E-state index in [0.29, 0.717) is 22.8 Å². The molecule has 1 aromatic carbocycles. The number of aromatic nitrogens is 2. The van der Waals surface area contributed by atoms with Crippen molar-refractivity contribution in [3.05, 3.63) is 52.9 Å². The summed E-state index contributed by atoms with van der Waals surface area (Å²) in [5, 5.41) is 6.26. The molecule has 140 valence electrons. The van der Waals surface area contributed by atoms with Crippen LogP contribution in [0.15, 0.2) is 34.9 Å². The number of urea groups is 1. The molecule has 0 aliphatic carbocycles. The van der Waals surface area contributed by atoms with Gasteiger partial charge in [0.25, 0.3) is 5.91 Å². The maximum absolute atomic E-state index is 11.7. The number of aryl methyl sites for hydroxylation is 2. The van der Waals surface area contributed by atoms with E-state index in [1.807, 2.05) is 32.0 Å². The van der Waals surface area contributed by atoms with Crippen LogP contribution in [-0.4, -0.2) is 22.1 Å². The zero-order valence-corrected chi connectivity index (χ0v) is 14.8. The Kier molecular flexibility index (Phi) is 4.84. The second-order valence-electron chi connectivity index (χ2n) is 5.91. The van der Waals surface area contributed by atoms with E-state index in [1.54, 1.807) is 6.07 Å². The highest BCUT2D eigenvalue weighted by atomic mass is 16.5. The molecule has 0 radical (unpaired) electrons. The molecule has 0 saturated carbocycles. The lowest BCUT2D eigenvalue weighted by atomic mass is 10.1. The maximum Gasteiger partial charge on any atom is 0.317 e. The molecule has 2 heterocycles. The molecule has 3 rings (SSSR count). The predicted octanol–water partition coefficient (Wildman–Crippen LogP) is 2.46. The van der Waals surface area contributed by atoms with Gasteiger partial charge in [-0.1, -0.05) is 17.3 Å². The number of nitrogens with two attached hydrogens (primary N) is 2. The molecule has 0 bridgehead atoms. The van der Waals surface area contributed by atoms with Gasteiger partial charge in [0, 0.05) is 5.56 Å². The first-order chi connectivity index (χ1) is 12.9. The number of para-hydroxylation sites is 1. The van der Waals surface area contributed by atoms with Crippen molar-refractivity contribution < 1.29 is 18.8 Å². The largest absolute Gasteiger partial charge is 0.488 e. The number of ether oxygens (including phenoxy) is 1. The van der Waals surface area contributed by atoms with Gasteiger partial charge in [0.1, 0.15) is 23.9 Å². The summed E-state index contributed by atoms with van der Waals surface area (Å²) in [6.07, 6.45) is 0. The van der Waals surface area contributed by atoms with Gasteiger partial charge in [0.2, 0.25) is 0 Å². The molecule has 0 saturated heterocycles. The van der Waals surface area contributed by atoms with Crippen molar-refractivity contribution in [2.24, 2.45) is 11.5 Å². The highest BCUT2D eigenvalue weighted by Gasteiger charge is 2.18. The van der Waals surface area contributed by atoms with Crippen molar-refractivity contribution in [2.45, 2.75) is 20.5 Å². The maximum atomic E-state index is 11.7. The first-order valence-electron chi connectivity index (χ1n) is 8.10. The van der Waals surface area contributed by atoms with Crippen LogP contribution in [0.4, 0.5) is 10.6 Å². The van der Waals surface area contributed by atoms with E-state index < -0.39 is 11.9 Å². The standard InChI is InChI=1S/C18H19N5O4/c1-9-13(10(2)27-23-9)8-26-15-6-4-3-5-11(15)14-7-12(16(19)24)17(21-14)22-18(20)25/h3-7,21H,8H2,1-2H3,(H2,19,24)(H3,20,22,25). The Hall–Kier alpha value is -3.75. The number of rotatable bonds is 6. The monoisotopic (exact) mass is 369 g/mol. The number of benzene rings is 1. The molecular formula is C18H19N5O4. The first kappa shape index (κ1) is 18.1. The molecule has 6 N–H and O–H groups in total. The van der Waals surface area contributed by atoms with E-state index in [1.165, 1.54) is 6.07 Å². The topological polar surface area (TPSA) is 149 Å². The molecule has 3 aromatic rings. The van der Waals surface area contributed by atoms with Crippen LogP contribution in [0.5, 0.6) is 5.75 Å². The normalized spacial score (nSPS) is 10.6. The number of carbonyl (C=O) groups excluding carboxylic acids is 2. The Morgan fingerprint density at radius 3 is 2.63 bits per heavy atom. The number of nitrogens with zero attached hydrogens (tertiary/aromatic N) is 1. The van der Waals surface area contributed by atoms with Crippen LogP contribution >= 0.6 is 0 Å². The van der Waals surface area contributed by atoms with Gasteiger partial charge in [-0.05, 0) is 32.0 Å². The van der Waals surface area contributed by atoms with Crippen LogP contribution in [0.1, 0.15) is 27.4 Å². The average molecular weight is 369 g/mol. The third-order valence-corrected chi connectivity index (χ3v) is 4.06. The minimum absolute atomic E-state index is 0.115. The van der Waals surface area contributed by atoms with Gasteiger partial charge in [0.15, 0.2) is 0 Å². The number of aromatic amines is 1. The number of hydrogen-bond donors (Lipinski definition) is 4. The number of nitrogens with one attached hydrogen (secondary N) is 2. The number of carbonyl (C=O) groups is 2. The van der Waals surface area contributed by atoms with Crippen molar-refractivity contribution in [1.82, 2.24) is 10.1 Å². The van der Waals surface area contributed by atoms with Crippen LogP contribution in [0.3, 0.4) is 0 Å². The van der Waals surface area contributed by atoms with Gasteiger partial charge in [-0.25, -0.2) is 4.79 Å². The molecule has 0 spiro atoms. The molecule has 9 heteroatoms. The van der Waals surface area contributed by atoms with Crippen molar-refractivity contribution in [3.63, 3.8) is 0 Å². The fourth-order valence-electron chi connectivity index (χ4n) is 2.69. The molecule has 27 heavy (non-hydrogen) atoms. The summed E-state index contributed by atoms with van der Waals surface area (Å²) in [7, 11) is 0. The second-order valence-corrected chi connectivity index (χ2v) is 5.91. The van der Waals surface area contributed by atoms with Gasteiger partial charge in [-0.15, -0.1) is 0 Å². The number of hydrogen-bond acceptors (Lipinski definition) is 5. The van der Waals surface area contributed by atoms with Gasteiger partial charge in [-0.3, -0.25) is 10.1 Å². The zero-order valence-electron chi connectivity index (χ0n) is 14.8. The number of amides is 3. The van der Waals surface area contributed by atoms with E-state index >= 15 is 0 Å².